The van der Waals surface area contributed by atoms with Crippen LogP contribution in [0.15, 0.2) is 36.4 Å². The van der Waals surface area contributed by atoms with Crippen molar-refractivity contribution in [1.29, 1.82) is 5.26 Å². The summed E-state index contributed by atoms with van der Waals surface area (Å²) in [5.74, 6) is 0. The van der Waals surface area contributed by atoms with Gasteiger partial charge < -0.3 is 10.1 Å². The minimum atomic E-state index is -0.345. The molecule has 2 aromatic rings. The smallest absolute Gasteiger partial charge is 0.121 e. The zero-order valence-corrected chi connectivity index (χ0v) is 10.9. The lowest BCUT2D eigenvalue weighted by molar-refractivity contribution is -0.0690. The quantitative estimate of drug-likeness (QED) is 0.913. The second-order valence-corrected chi connectivity index (χ2v) is 5.30. The zero-order valence-electron chi connectivity index (χ0n) is 10.9. The Morgan fingerprint density at radius 3 is 2.63 bits per heavy atom. The molecular formula is C16H16N2O. The fraction of sp³-hybridized carbons (Fsp3) is 0.312. The molecule has 0 atom stereocenters. The molecule has 0 radical (unpaired) electrons. The minimum Gasteiger partial charge on any atom is -0.383 e. The third-order valence-corrected chi connectivity index (χ3v) is 3.62. The van der Waals surface area contributed by atoms with Crippen molar-refractivity contribution in [2.24, 2.45) is 5.41 Å². The molecule has 2 aromatic carbocycles. The molecule has 3 nitrogen and oxygen atoms in total. The van der Waals surface area contributed by atoms with Crippen molar-refractivity contribution < 1.29 is 4.74 Å². The van der Waals surface area contributed by atoms with Gasteiger partial charge in [-0.2, -0.15) is 5.26 Å². The van der Waals surface area contributed by atoms with Gasteiger partial charge in [0.2, 0.25) is 0 Å². The Balaban J connectivity index is 1.78. The van der Waals surface area contributed by atoms with Crippen LogP contribution < -0.4 is 5.32 Å². The van der Waals surface area contributed by atoms with E-state index in [9.17, 15) is 0 Å². The highest BCUT2D eigenvalue weighted by molar-refractivity contribution is 5.86. The lowest BCUT2D eigenvalue weighted by atomic mass is 9.88. The molecule has 0 unspecified atom stereocenters. The number of rotatable bonds is 3. The van der Waals surface area contributed by atoms with E-state index in [0.29, 0.717) is 19.8 Å². The summed E-state index contributed by atoms with van der Waals surface area (Å²) in [5.41, 5.74) is 1.98. The van der Waals surface area contributed by atoms with Crippen LogP contribution >= 0.6 is 0 Å². The lowest BCUT2D eigenvalue weighted by Crippen LogP contribution is -2.46. The summed E-state index contributed by atoms with van der Waals surface area (Å²) in [5, 5.41) is 14.9. The molecule has 1 N–H and O–H groups in total. The first-order valence-corrected chi connectivity index (χ1v) is 6.44. The summed E-state index contributed by atoms with van der Waals surface area (Å²) in [7, 11) is 0. The van der Waals surface area contributed by atoms with E-state index in [4.69, 9.17) is 10.00 Å². The van der Waals surface area contributed by atoms with Gasteiger partial charge in [0.05, 0.1) is 19.3 Å². The summed E-state index contributed by atoms with van der Waals surface area (Å²) in [6.07, 6.45) is 0. The summed E-state index contributed by atoms with van der Waals surface area (Å²) in [4.78, 5) is 0. The number of benzene rings is 2. The SMILES string of the molecule is Cc1ccc2cc(NCC3(C#N)COC3)ccc2c1. The van der Waals surface area contributed by atoms with Crippen molar-refractivity contribution in [2.45, 2.75) is 6.92 Å². The fourth-order valence-corrected chi connectivity index (χ4v) is 2.30. The fourth-order valence-electron chi connectivity index (χ4n) is 2.30. The van der Waals surface area contributed by atoms with E-state index in [0.717, 1.165) is 5.69 Å². The maximum atomic E-state index is 9.15. The number of nitrogens with zero attached hydrogens (tertiary/aromatic N) is 1. The zero-order chi connectivity index (χ0) is 13.3. The molecule has 0 saturated carbocycles. The largest absolute Gasteiger partial charge is 0.383 e. The highest BCUT2D eigenvalue weighted by atomic mass is 16.5. The number of hydrogen-bond donors (Lipinski definition) is 1. The number of nitriles is 1. The molecule has 1 saturated heterocycles. The predicted octanol–water partition coefficient (Wildman–Crippen LogP) is 3.10. The van der Waals surface area contributed by atoms with Gasteiger partial charge in [-0.25, -0.2) is 0 Å². The first-order chi connectivity index (χ1) is 9.21. The number of hydrogen-bond acceptors (Lipinski definition) is 3. The molecule has 3 rings (SSSR count). The van der Waals surface area contributed by atoms with Crippen molar-refractivity contribution in [2.75, 3.05) is 25.1 Å². The Morgan fingerprint density at radius 1 is 1.21 bits per heavy atom. The highest BCUT2D eigenvalue weighted by Crippen LogP contribution is 2.27. The van der Waals surface area contributed by atoms with Gasteiger partial charge in [0.25, 0.3) is 0 Å². The first-order valence-electron chi connectivity index (χ1n) is 6.44. The van der Waals surface area contributed by atoms with Gasteiger partial charge in [0, 0.05) is 12.2 Å². The van der Waals surface area contributed by atoms with E-state index in [1.165, 1.54) is 16.3 Å². The van der Waals surface area contributed by atoms with E-state index in [-0.39, 0.29) is 5.41 Å². The second-order valence-electron chi connectivity index (χ2n) is 5.30. The molecule has 1 fully saturated rings. The molecule has 1 aliphatic rings. The summed E-state index contributed by atoms with van der Waals surface area (Å²) in [6.45, 7) is 3.80. The molecular weight excluding hydrogens is 236 g/mol. The highest BCUT2D eigenvalue weighted by Gasteiger charge is 2.38. The summed E-state index contributed by atoms with van der Waals surface area (Å²) < 4.78 is 5.14. The van der Waals surface area contributed by atoms with E-state index >= 15 is 0 Å². The van der Waals surface area contributed by atoms with Gasteiger partial charge in [-0.1, -0.05) is 29.8 Å². The average molecular weight is 252 g/mol. The normalized spacial score (nSPS) is 16.6. The van der Waals surface area contributed by atoms with Crippen molar-refractivity contribution in [3.8, 4) is 6.07 Å². The van der Waals surface area contributed by atoms with Gasteiger partial charge in [-0.15, -0.1) is 0 Å². The maximum absolute atomic E-state index is 9.15. The first kappa shape index (κ1) is 12.0. The van der Waals surface area contributed by atoms with Crippen LogP contribution in [0.2, 0.25) is 0 Å². The van der Waals surface area contributed by atoms with Crippen LogP contribution in [0.5, 0.6) is 0 Å². The second kappa shape index (κ2) is 4.56. The maximum Gasteiger partial charge on any atom is 0.121 e. The summed E-state index contributed by atoms with van der Waals surface area (Å²) in [6, 6.07) is 15.1. The Bertz CT molecular complexity index is 653. The van der Waals surface area contributed by atoms with Crippen molar-refractivity contribution in [1.82, 2.24) is 0 Å². The predicted molar refractivity (Wildman–Crippen MR) is 76.0 cm³/mol. The van der Waals surface area contributed by atoms with Crippen LogP contribution in [0.4, 0.5) is 5.69 Å². The number of ether oxygens (including phenoxy) is 1. The third-order valence-electron chi connectivity index (χ3n) is 3.62. The molecule has 19 heavy (non-hydrogen) atoms. The van der Waals surface area contributed by atoms with Gasteiger partial charge in [-0.3, -0.25) is 0 Å². The number of anilines is 1. The monoisotopic (exact) mass is 252 g/mol. The molecule has 3 heteroatoms. The molecule has 1 aliphatic heterocycles. The van der Waals surface area contributed by atoms with Crippen LogP contribution in [0.3, 0.4) is 0 Å². The third kappa shape index (κ3) is 2.27. The Morgan fingerprint density at radius 2 is 1.95 bits per heavy atom. The van der Waals surface area contributed by atoms with Crippen LogP contribution in [0.25, 0.3) is 10.8 Å². The van der Waals surface area contributed by atoms with Crippen molar-refractivity contribution in [3.63, 3.8) is 0 Å². The van der Waals surface area contributed by atoms with Gasteiger partial charge in [0.1, 0.15) is 5.41 Å². The van der Waals surface area contributed by atoms with Crippen molar-refractivity contribution >= 4 is 16.5 Å². The molecule has 0 bridgehead atoms. The number of fused-ring (bicyclic) bond motifs is 1. The molecule has 1 heterocycles. The van der Waals surface area contributed by atoms with E-state index in [1.54, 1.807) is 0 Å². The summed E-state index contributed by atoms with van der Waals surface area (Å²) >= 11 is 0. The topological polar surface area (TPSA) is 45.0 Å². The molecule has 0 spiro atoms. The van der Waals surface area contributed by atoms with Crippen LogP contribution in [0, 0.1) is 23.7 Å². The standard InChI is InChI=1S/C16H16N2O/c1-12-2-3-14-7-15(5-4-13(14)6-12)18-9-16(8-17)10-19-11-16/h2-7,18H,9-11H2,1H3. The van der Waals surface area contributed by atoms with Gasteiger partial charge in [0.15, 0.2) is 0 Å². The molecule has 0 aliphatic carbocycles. The van der Waals surface area contributed by atoms with E-state index in [1.807, 2.05) is 0 Å². The Hall–Kier alpha value is -2.05. The minimum absolute atomic E-state index is 0.345. The van der Waals surface area contributed by atoms with Gasteiger partial charge >= 0.3 is 0 Å². The Labute approximate surface area is 112 Å². The van der Waals surface area contributed by atoms with Crippen molar-refractivity contribution in [3.05, 3.63) is 42.0 Å². The molecule has 0 aromatic heterocycles. The Kier molecular flexibility index (Phi) is 2.88. The molecule has 0 amide bonds. The van der Waals surface area contributed by atoms with Crippen LogP contribution in [-0.4, -0.2) is 19.8 Å². The number of aryl methyl sites for hydroxylation is 1. The van der Waals surface area contributed by atoms with E-state index in [2.05, 4.69) is 54.7 Å². The number of nitrogens with one attached hydrogen (secondary N) is 1. The van der Waals surface area contributed by atoms with Crippen LogP contribution in [-0.2, 0) is 4.74 Å². The molecule has 96 valence electrons. The average Bonchev–Trinajstić information content (AvgIpc) is 2.38. The van der Waals surface area contributed by atoms with E-state index < -0.39 is 0 Å². The van der Waals surface area contributed by atoms with Crippen LogP contribution in [0.1, 0.15) is 5.56 Å². The lowest BCUT2D eigenvalue weighted by Gasteiger charge is -2.35. The van der Waals surface area contributed by atoms with Gasteiger partial charge in [-0.05, 0) is 29.8 Å².